The Kier molecular flexibility index (Phi) is 9.88. The number of hydrogen-bond acceptors (Lipinski definition) is 4. The fourth-order valence-corrected chi connectivity index (χ4v) is 5.52. The minimum absolute atomic E-state index is 0.0185. The van der Waals surface area contributed by atoms with Gasteiger partial charge >= 0.3 is 0 Å². The van der Waals surface area contributed by atoms with Gasteiger partial charge < -0.3 is 14.8 Å². The number of anilines is 1. The molecule has 0 atom stereocenters. The lowest BCUT2D eigenvalue weighted by Gasteiger charge is -2.13. The molecule has 0 saturated carbocycles. The van der Waals surface area contributed by atoms with Gasteiger partial charge in [-0.05, 0) is 100 Å². The maximum Gasteiger partial charge on any atom is 0.266 e. The molecule has 0 bridgehead atoms. The number of rotatable bonds is 8. The van der Waals surface area contributed by atoms with E-state index in [4.69, 9.17) is 32.7 Å². The highest BCUT2D eigenvalue weighted by atomic mass is 127. The van der Waals surface area contributed by atoms with Gasteiger partial charge in [-0.1, -0.05) is 35.3 Å². The Bertz CT molecular complexity index is 1270. The van der Waals surface area contributed by atoms with Crippen molar-refractivity contribution in [2.75, 3.05) is 11.9 Å². The molecule has 0 aliphatic rings. The molecule has 1 amide bonds. The van der Waals surface area contributed by atoms with Gasteiger partial charge in [0.05, 0.1) is 13.7 Å². The molecule has 0 aliphatic heterocycles. The molecule has 3 rings (SSSR count). The first-order chi connectivity index (χ1) is 16.3. The highest BCUT2D eigenvalue weighted by Gasteiger charge is 2.14. The third-order valence-corrected chi connectivity index (χ3v) is 6.68. The molecule has 0 unspecified atom stereocenters. The number of benzene rings is 3. The Hall–Kier alpha value is -2.00. The van der Waals surface area contributed by atoms with Gasteiger partial charge in [-0.15, -0.1) is 0 Å². The number of amides is 1. The van der Waals surface area contributed by atoms with Crippen LogP contribution in [0.1, 0.15) is 18.1 Å². The fraction of sp³-hybridized carbons (Fsp3) is 0.120. The lowest BCUT2D eigenvalue weighted by Crippen LogP contribution is -2.13. The molecule has 0 heterocycles. The average molecular weight is 719 g/mol. The summed E-state index contributed by atoms with van der Waals surface area (Å²) in [6.07, 6.45) is 1.55. The van der Waals surface area contributed by atoms with E-state index in [2.05, 4.69) is 50.5 Å². The van der Waals surface area contributed by atoms with Gasteiger partial charge in [0.1, 0.15) is 29.7 Å². The van der Waals surface area contributed by atoms with Gasteiger partial charge in [0.15, 0.2) is 0 Å². The maximum absolute atomic E-state index is 12.7. The van der Waals surface area contributed by atoms with Crippen LogP contribution in [0.25, 0.3) is 6.08 Å². The summed E-state index contributed by atoms with van der Waals surface area (Å²) in [6.45, 7) is 2.68. The van der Waals surface area contributed by atoms with Crippen molar-refractivity contribution in [3.63, 3.8) is 0 Å². The van der Waals surface area contributed by atoms with E-state index in [1.807, 2.05) is 31.2 Å². The standard InChI is InChI=1S/C25H18Cl2I2N2O3/c1-2-33-20-5-3-4-19(12-20)31-25(32)17(13-30)8-15-9-22(28)24(23(29)10-15)34-14-16-6-7-18(26)11-21(16)27/h3-12H,2,14H2,1H3,(H,31,32)/b17-8-. The van der Waals surface area contributed by atoms with E-state index in [9.17, 15) is 10.1 Å². The molecule has 1 N–H and O–H groups in total. The number of carbonyl (C=O) groups excluding carboxylic acids is 1. The van der Waals surface area contributed by atoms with Crippen LogP contribution in [0.15, 0.2) is 60.2 Å². The second-order valence-corrected chi connectivity index (χ2v) is 10.1. The third-order valence-electron chi connectivity index (χ3n) is 4.49. The molecule has 3 aromatic rings. The zero-order chi connectivity index (χ0) is 24.7. The molecule has 0 fully saturated rings. The van der Waals surface area contributed by atoms with Gasteiger partial charge in [0.2, 0.25) is 0 Å². The van der Waals surface area contributed by atoms with Crippen molar-refractivity contribution < 1.29 is 14.3 Å². The summed E-state index contributed by atoms with van der Waals surface area (Å²) in [5, 5.41) is 13.4. The number of nitrogens with one attached hydrogen (secondary N) is 1. The lowest BCUT2D eigenvalue weighted by atomic mass is 10.1. The molecule has 5 nitrogen and oxygen atoms in total. The second-order valence-electron chi connectivity index (χ2n) is 6.92. The summed E-state index contributed by atoms with van der Waals surface area (Å²) in [4.78, 5) is 12.7. The van der Waals surface area contributed by atoms with Crippen LogP contribution in [0.4, 0.5) is 5.69 Å². The monoisotopic (exact) mass is 718 g/mol. The van der Waals surface area contributed by atoms with Crippen LogP contribution in [0.5, 0.6) is 11.5 Å². The molecule has 0 spiro atoms. The van der Waals surface area contributed by atoms with Crippen molar-refractivity contribution in [1.29, 1.82) is 5.26 Å². The number of ether oxygens (including phenoxy) is 2. The molecule has 0 radical (unpaired) electrons. The average Bonchev–Trinajstić information content (AvgIpc) is 2.78. The Balaban J connectivity index is 1.76. The summed E-state index contributed by atoms with van der Waals surface area (Å²) in [5.41, 5.74) is 2.06. The van der Waals surface area contributed by atoms with E-state index in [1.54, 1.807) is 42.5 Å². The van der Waals surface area contributed by atoms with Gasteiger partial charge in [-0.2, -0.15) is 5.26 Å². The van der Waals surface area contributed by atoms with Crippen molar-refractivity contribution in [1.82, 2.24) is 0 Å². The number of carbonyl (C=O) groups is 1. The highest BCUT2D eigenvalue weighted by molar-refractivity contribution is 14.1. The van der Waals surface area contributed by atoms with E-state index in [1.165, 1.54) is 0 Å². The summed E-state index contributed by atoms with van der Waals surface area (Å²) in [6, 6.07) is 18.0. The van der Waals surface area contributed by atoms with E-state index in [-0.39, 0.29) is 12.2 Å². The number of halogens is 4. The molecule has 0 aromatic heterocycles. The van der Waals surface area contributed by atoms with Crippen molar-refractivity contribution >= 4 is 86.1 Å². The van der Waals surface area contributed by atoms with Crippen LogP contribution in [0.2, 0.25) is 10.0 Å². The first-order valence-electron chi connectivity index (χ1n) is 10.0. The minimum atomic E-state index is -0.501. The van der Waals surface area contributed by atoms with Gasteiger partial charge in [-0.25, -0.2) is 0 Å². The first-order valence-corrected chi connectivity index (χ1v) is 12.9. The molecule has 34 heavy (non-hydrogen) atoms. The number of nitriles is 1. The molecule has 174 valence electrons. The second kappa shape index (κ2) is 12.6. The van der Waals surface area contributed by atoms with Crippen LogP contribution in [0, 0.1) is 18.5 Å². The normalized spacial score (nSPS) is 11.0. The van der Waals surface area contributed by atoms with E-state index in [0.717, 1.165) is 12.7 Å². The summed E-state index contributed by atoms with van der Waals surface area (Å²) < 4.78 is 13.1. The lowest BCUT2D eigenvalue weighted by molar-refractivity contribution is -0.112. The largest absolute Gasteiger partial charge is 0.494 e. The molecular weight excluding hydrogens is 701 g/mol. The molecular formula is C25H18Cl2I2N2O3. The number of nitrogens with zero attached hydrogens (tertiary/aromatic N) is 1. The smallest absolute Gasteiger partial charge is 0.266 e. The van der Waals surface area contributed by atoms with Crippen molar-refractivity contribution in [3.05, 3.63) is 88.5 Å². The van der Waals surface area contributed by atoms with Crippen molar-refractivity contribution in [2.45, 2.75) is 13.5 Å². The van der Waals surface area contributed by atoms with Crippen molar-refractivity contribution in [2.24, 2.45) is 0 Å². The van der Waals surface area contributed by atoms with E-state index >= 15 is 0 Å². The highest BCUT2D eigenvalue weighted by Crippen LogP contribution is 2.31. The quantitative estimate of drug-likeness (QED) is 0.147. The van der Waals surface area contributed by atoms with E-state index < -0.39 is 5.91 Å². The zero-order valence-corrected chi connectivity index (χ0v) is 23.7. The van der Waals surface area contributed by atoms with Crippen LogP contribution in [-0.2, 0) is 11.4 Å². The SMILES string of the molecule is CCOc1cccc(NC(=O)/C(C#N)=C\c2cc(I)c(OCc3ccc(Cl)cc3Cl)c(I)c2)c1. The van der Waals surface area contributed by atoms with Gasteiger partial charge in [0.25, 0.3) is 5.91 Å². The van der Waals surface area contributed by atoms with Gasteiger partial charge in [0, 0.05) is 27.4 Å². The van der Waals surface area contributed by atoms with E-state index in [0.29, 0.717) is 39.4 Å². The van der Waals surface area contributed by atoms with Gasteiger partial charge in [-0.3, -0.25) is 4.79 Å². The van der Waals surface area contributed by atoms with Crippen molar-refractivity contribution in [3.8, 4) is 17.6 Å². The number of hydrogen-bond donors (Lipinski definition) is 1. The molecule has 0 aliphatic carbocycles. The summed E-state index contributed by atoms with van der Waals surface area (Å²) in [7, 11) is 0. The Labute approximate surface area is 235 Å². The fourth-order valence-electron chi connectivity index (χ4n) is 2.93. The van der Waals surface area contributed by atoms with Crippen LogP contribution in [0.3, 0.4) is 0 Å². The zero-order valence-electron chi connectivity index (χ0n) is 17.9. The predicted octanol–water partition coefficient (Wildman–Crippen LogP) is 7.73. The maximum atomic E-state index is 12.7. The molecule has 3 aromatic carbocycles. The summed E-state index contributed by atoms with van der Waals surface area (Å²) >= 11 is 16.5. The van der Waals surface area contributed by atoms with Crippen LogP contribution in [-0.4, -0.2) is 12.5 Å². The molecule has 9 heteroatoms. The molecule has 0 saturated heterocycles. The Morgan fingerprint density at radius 3 is 2.47 bits per heavy atom. The Morgan fingerprint density at radius 1 is 1.09 bits per heavy atom. The third kappa shape index (κ3) is 7.25. The van der Waals surface area contributed by atoms with Crippen LogP contribution >= 0.6 is 68.4 Å². The van der Waals surface area contributed by atoms with Crippen LogP contribution < -0.4 is 14.8 Å². The minimum Gasteiger partial charge on any atom is -0.494 e. The topological polar surface area (TPSA) is 71.3 Å². The first kappa shape index (κ1) is 26.6. The Morgan fingerprint density at radius 2 is 1.82 bits per heavy atom. The predicted molar refractivity (Wildman–Crippen MR) is 153 cm³/mol. The summed E-state index contributed by atoms with van der Waals surface area (Å²) in [5.74, 6) is 0.835.